The third-order valence-corrected chi connectivity index (χ3v) is 5.59. The van der Waals surface area contributed by atoms with E-state index < -0.39 is 18.5 Å². The Morgan fingerprint density at radius 2 is 1.97 bits per heavy atom. The molecule has 1 amide bonds. The van der Waals surface area contributed by atoms with Gasteiger partial charge in [0.05, 0.1) is 12.8 Å². The SMILES string of the molecule is COc1ccc(Cl)cc1NC(=O)COC(=O)/C(=C/c1cccs1)n1nnnc1-c1ccccc1. The van der Waals surface area contributed by atoms with Gasteiger partial charge >= 0.3 is 5.97 Å². The number of nitrogens with zero attached hydrogens (tertiary/aromatic N) is 4. The van der Waals surface area contributed by atoms with Crippen LogP contribution in [-0.2, 0) is 14.3 Å². The van der Waals surface area contributed by atoms with Crippen LogP contribution < -0.4 is 10.1 Å². The summed E-state index contributed by atoms with van der Waals surface area (Å²) in [5, 5.41) is 16.7. The number of aromatic nitrogens is 4. The zero-order valence-electron chi connectivity index (χ0n) is 17.8. The summed E-state index contributed by atoms with van der Waals surface area (Å²) in [6.45, 7) is -0.543. The van der Waals surface area contributed by atoms with E-state index in [0.29, 0.717) is 27.8 Å². The van der Waals surface area contributed by atoms with Crippen molar-refractivity contribution in [2.24, 2.45) is 0 Å². The van der Waals surface area contributed by atoms with Crippen molar-refractivity contribution in [3.05, 3.63) is 75.9 Å². The summed E-state index contributed by atoms with van der Waals surface area (Å²) in [7, 11) is 1.47. The molecule has 0 aliphatic carbocycles. The Labute approximate surface area is 203 Å². The first-order valence-electron chi connectivity index (χ1n) is 9.95. The summed E-state index contributed by atoms with van der Waals surface area (Å²) in [6.07, 6.45) is 1.60. The highest BCUT2D eigenvalue weighted by molar-refractivity contribution is 7.10. The maximum atomic E-state index is 13.1. The molecule has 2 heterocycles. The average molecular weight is 496 g/mol. The number of thiophene rings is 1. The molecule has 0 unspecified atom stereocenters. The lowest BCUT2D eigenvalue weighted by Crippen LogP contribution is -2.23. The van der Waals surface area contributed by atoms with Crippen molar-refractivity contribution in [3.8, 4) is 17.1 Å². The predicted molar refractivity (Wildman–Crippen MR) is 129 cm³/mol. The Morgan fingerprint density at radius 3 is 2.71 bits per heavy atom. The molecular weight excluding hydrogens is 478 g/mol. The van der Waals surface area contributed by atoms with Crippen LogP contribution in [0.2, 0.25) is 5.02 Å². The molecule has 4 rings (SSSR count). The van der Waals surface area contributed by atoms with Gasteiger partial charge in [-0.2, -0.15) is 4.68 Å². The van der Waals surface area contributed by atoms with Gasteiger partial charge in [0.2, 0.25) is 0 Å². The average Bonchev–Trinajstić information content (AvgIpc) is 3.54. The molecule has 0 aliphatic heterocycles. The standard InChI is InChI=1S/C23H18ClN5O4S/c1-32-20-10-9-16(24)12-18(20)25-21(30)14-33-23(31)19(13-17-8-5-11-34-17)29-22(26-27-28-29)15-6-3-2-4-7-15/h2-13H,14H2,1H3,(H,25,30)/b19-13-. The summed E-state index contributed by atoms with van der Waals surface area (Å²) < 4.78 is 11.8. The number of rotatable bonds is 8. The topological polar surface area (TPSA) is 108 Å². The molecule has 2 aromatic heterocycles. The van der Waals surface area contributed by atoms with E-state index >= 15 is 0 Å². The largest absolute Gasteiger partial charge is 0.495 e. The summed E-state index contributed by atoms with van der Waals surface area (Å²) in [4.78, 5) is 26.3. The monoisotopic (exact) mass is 495 g/mol. The van der Waals surface area contributed by atoms with Gasteiger partial charge in [0, 0.05) is 15.5 Å². The fourth-order valence-electron chi connectivity index (χ4n) is 3.00. The molecule has 0 saturated carbocycles. The second kappa shape index (κ2) is 10.7. The normalized spacial score (nSPS) is 11.2. The first-order chi connectivity index (χ1) is 16.5. The zero-order valence-corrected chi connectivity index (χ0v) is 19.4. The minimum absolute atomic E-state index is 0.0550. The smallest absolute Gasteiger partial charge is 0.357 e. The first kappa shape index (κ1) is 23.1. The maximum Gasteiger partial charge on any atom is 0.357 e. The van der Waals surface area contributed by atoms with E-state index in [9.17, 15) is 9.59 Å². The number of hydrogen-bond acceptors (Lipinski definition) is 8. The molecule has 0 spiro atoms. The third-order valence-electron chi connectivity index (χ3n) is 4.53. The van der Waals surface area contributed by atoms with E-state index in [4.69, 9.17) is 21.1 Å². The number of esters is 1. The lowest BCUT2D eigenvalue weighted by molar-refractivity contribution is -0.141. The number of ether oxygens (including phenoxy) is 2. The third kappa shape index (κ3) is 5.48. The second-order valence-electron chi connectivity index (χ2n) is 6.79. The molecule has 0 atom stereocenters. The van der Waals surface area contributed by atoms with Gasteiger partial charge in [0.25, 0.3) is 5.91 Å². The van der Waals surface area contributed by atoms with Crippen LogP contribution in [0.4, 0.5) is 5.69 Å². The molecule has 0 saturated heterocycles. The molecule has 1 N–H and O–H groups in total. The van der Waals surface area contributed by atoms with E-state index in [-0.39, 0.29) is 5.70 Å². The van der Waals surface area contributed by atoms with E-state index in [0.717, 1.165) is 4.88 Å². The van der Waals surface area contributed by atoms with Crippen LogP contribution >= 0.6 is 22.9 Å². The number of nitrogens with one attached hydrogen (secondary N) is 1. The van der Waals surface area contributed by atoms with Crippen molar-refractivity contribution in [2.45, 2.75) is 0 Å². The number of halogens is 1. The van der Waals surface area contributed by atoms with Crippen LogP contribution in [0, 0.1) is 0 Å². The fourth-order valence-corrected chi connectivity index (χ4v) is 3.82. The molecule has 0 bridgehead atoms. The fraction of sp³-hybridized carbons (Fsp3) is 0.0870. The zero-order chi connectivity index (χ0) is 23.9. The Kier molecular flexibility index (Phi) is 7.31. The van der Waals surface area contributed by atoms with Crippen molar-refractivity contribution in [3.63, 3.8) is 0 Å². The van der Waals surface area contributed by atoms with Crippen LogP contribution in [0.15, 0.2) is 66.0 Å². The predicted octanol–water partition coefficient (Wildman–Crippen LogP) is 4.24. The van der Waals surface area contributed by atoms with Crippen LogP contribution in [0.1, 0.15) is 4.88 Å². The van der Waals surface area contributed by atoms with Crippen LogP contribution in [0.3, 0.4) is 0 Å². The van der Waals surface area contributed by atoms with Gasteiger partial charge in [-0.15, -0.1) is 16.4 Å². The number of anilines is 1. The molecular formula is C23H18ClN5O4S. The molecule has 0 aliphatic rings. The molecule has 9 nitrogen and oxygen atoms in total. The minimum atomic E-state index is -0.772. The summed E-state index contributed by atoms with van der Waals surface area (Å²) >= 11 is 7.42. The van der Waals surface area contributed by atoms with E-state index in [1.165, 1.54) is 29.2 Å². The van der Waals surface area contributed by atoms with Crippen molar-refractivity contribution in [1.29, 1.82) is 0 Å². The highest BCUT2D eigenvalue weighted by Crippen LogP contribution is 2.28. The maximum absolute atomic E-state index is 13.1. The van der Waals surface area contributed by atoms with Crippen molar-refractivity contribution in [1.82, 2.24) is 20.2 Å². The Balaban J connectivity index is 1.55. The van der Waals surface area contributed by atoms with Gasteiger partial charge in [-0.05, 0) is 46.1 Å². The molecule has 11 heteroatoms. The van der Waals surface area contributed by atoms with Crippen molar-refractivity contribution < 1.29 is 19.1 Å². The van der Waals surface area contributed by atoms with Crippen LogP contribution in [0.5, 0.6) is 5.75 Å². The highest BCUT2D eigenvalue weighted by atomic mass is 35.5. The number of tetrazole rings is 1. The molecule has 2 aromatic carbocycles. The van der Waals surface area contributed by atoms with Gasteiger partial charge in [0.1, 0.15) is 5.75 Å². The Hall–Kier alpha value is -4.02. The molecule has 4 aromatic rings. The van der Waals surface area contributed by atoms with Crippen LogP contribution in [-0.4, -0.2) is 45.8 Å². The van der Waals surface area contributed by atoms with Gasteiger partial charge in [-0.1, -0.05) is 48.0 Å². The number of methoxy groups -OCH3 is 1. The Morgan fingerprint density at radius 1 is 1.15 bits per heavy atom. The van der Waals surface area contributed by atoms with Crippen LogP contribution in [0.25, 0.3) is 23.2 Å². The van der Waals surface area contributed by atoms with Gasteiger partial charge in [-0.3, -0.25) is 4.79 Å². The minimum Gasteiger partial charge on any atom is -0.495 e. The molecule has 172 valence electrons. The number of carbonyl (C=O) groups is 2. The molecule has 34 heavy (non-hydrogen) atoms. The number of carbonyl (C=O) groups excluding carboxylic acids is 2. The molecule has 0 fully saturated rings. The van der Waals surface area contributed by atoms with E-state index in [1.807, 2.05) is 47.8 Å². The number of amides is 1. The Bertz CT molecular complexity index is 1320. The lowest BCUT2D eigenvalue weighted by Gasteiger charge is -2.12. The van der Waals surface area contributed by atoms with Gasteiger partial charge in [0.15, 0.2) is 18.1 Å². The van der Waals surface area contributed by atoms with Gasteiger partial charge in [-0.25, -0.2) is 4.79 Å². The lowest BCUT2D eigenvalue weighted by atomic mass is 10.2. The summed E-state index contributed by atoms with van der Waals surface area (Å²) in [6, 6.07) is 17.7. The van der Waals surface area contributed by atoms with E-state index in [1.54, 1.807) is 18.2 Å². The molecule has 0 radical (unpaired) electrons. The number of hydrogen-bond donors (Lipinski definition) is 1. The van der Waals surface area contributed by atoms with Crippen molar-refractivity contribution in [2.75, 3.05) is 19.0 Å². The quantitative estimate of drug-likeness (QED) is 0.287. The summed E-state index contributed by atoms with van der Waals surface area (Å²) in [5.74, 6) is -0.563. The first-order valence-corrected chi connectivity index (χ1v) is 11.2. The number of benzene rings is 2. The second-order valence-corrected chi connectivity index (χ2v) is 8.21. The summed E-state index contributed by atoms with van der Waals surface area (Å²) in [5.41, 5.74) is 1.12. The van der Waals surface area contributed by atoms with Gasteiger partial charge < -0.3 is 14.8 Å². The highest BCUT2D eigenvalue weighted by Gasteiger charge is 2.22. The van der Waals surface area contributed by atoms with E-state index in [2.05, 4.69) is 20.8 Å². The van der Waals surface area contributed by atoms with Crippen molar-refractivity contribution >= 4 is 52.3 Å².